The molecule has 296 valence electrons. The van der Waals surface area contributed by atoms with E-state index in [-0.39, 0.29) is 12.0 Å². The number of aliphatic hydroxyl groups is 3. The van der Waals surface area contributed by atoms with Crippen LogP contribution in [0.3, 0.4) is 0 Å². The molecule has 1 aromatic heterocycles. The number of likely N-dealkylation sites (N-methyl/N-ethyl adjacent to an activating group) is 1. The second-order valence-corrected chi connectivity index (χ2v) is 17.8. The molecule has 2 aliphatic carbocycles. The van der Waals surface area contributed by atoms with E-state index in [9.17, 15) is 25.2 Å². The molecule has 2 bridgehead atoms. The van der Waals surface area contributed by atoms with Crippen LogP contribution in [-0.4, -0.2) is 142 Å². The normalized spacial score (nSPS) is 43.3. The topological polar surface area (TPSA) is 159 Å². The summed E-state index contributed by atoms with van der Waals surface area (Å²) in [7, 11) is 4.90. The number of fused-ring (bicyclic) bond motifs is 6. The van der Waals surface area contributed by atoms with Crippen molar-refractivity contribution in [2.24, 2.45) is 22.7 Å². The quantitative estimate of drug-likeness (QED) is 0.218. The van der Waals surface area contributed by atoms with Gasteiger partial charge in [-0.25, -0.2) is 4.79 Å². The molecule has 9 rings (SSSR count). The van der Waals surface area contributed by atoms with Crippen molar-refractivity contribution in [1.29, 1.82) is 0 Å². The first-order chi connectivity index (χ1) is 26.3. The molecule has 1 saturated carbocycles. The number of allylic oxidation sites excluding steroid dienone is 1. The van der Waals surface area contributed by atoms with Crippen molar-refractivity contribution < 1.29 is 39.5 Å². The van der Waals surface area contributed by atoms with Crippen LogP contribution in [0.5, 0.6) is 0 Å². The van der Waals surface area contributed by atoms with Crippen LogP contribution in [0.2, 0.25) is 0 Å². The van der Waals surface area contributed by atoms with Gasteiger partial charge in [0.15, 0.2) is 0 Å². The Balaban J connectivity index is 1.33. The van der Waals surface area contributed by atoms with E-state index in [0.717, 1.165) is 46.5 Å². The third-order valence-electron chi connectivity index (χ3n) is 15.6. The van der Waals surface area contributed by atoms with E-state index in [1.54, 1.807) is 7.11 Å². The molecule has 1 aromatic carbocycles. The average Bonchev–Trinajstić information content (AvgIpc) is 3.84. The van der Waals surface area contributed by atoms with E-state index >= 15 is 4.79 Å². The molecule has 0 radical (unpaired) electrons. The number of hydrogen-bond acceptors (Lipinski definition) is 10. The van der Waals surface area contributed by atoms with Gasteiger partial charge in [0.25, 0.3) is 0 Å². The zero-order valence-corrected chi connectivity index (χ0v) is 32.6. The molecule has 4 fully saturated rings. The molecular formula is C43H56N4O8. The number of hydrogen-bond donors (Lipinski definition) is 5. The Morgan fingerprint density at radius 2 is 1.82 bits per heavy atom. The first-order valence-electron chi connectivity index (χ1n) is 20.2. The van der Waals surface area contributed by atoms with Gasteiger partial charge >= 0.3 is 11.9 Å². The number of para-hydroxylation sites is 1. The molecule has 55 heavy (non-hydrogen) atoms. The van der Waals surface area contributed by atoms with E-state index in [4.69, 9.17) is 9.47 Å². The van der Waals surface area contributed by atoms with Crippen molar-refractivity contribution in [3.63, 3.8) is 0 Å². The highest BCUT2D eigenvalue weighted by molar-refractivity contribution is 5.91. The highest BCUT2D eigenvalue weighted by Gasteiger charge is 2.80. The van der Waals surface area contributed by atoms with Gasteiger partial charge in [0.2, 0.25) is 5.60 Å². The van der Waals surface area contributed by atoms with Crippen LogP contribution in [0.4, 0.5) is 0 Å². The van der Waals surface area contributed by atoms with Crippen LogP contribution in [-0.2, 0) is 30.9 Å². The van der Waals surface area contributed by atoms with Crippen LogP contribution in [0.15, 0.2) is 59.8 Å². The van der Waals surface area contributed by atoms with Gasteiger partial charge in [0, 0.05) is 85.4 Å². The van der Waals surface area contributed by atoms with Gasteiger partial charge in [-0.05, 0) is 74.3 Å². The number of carboxylic acids is 1. The number of esters is 1. The van der Waals surface area contributed by atoms with Crippen LogP contribution in [0.25, 0.3) is 10.9 Å². The standard InChI is InChI=1S/C43H56N4O8/c1-6-39(52)21-25-22-42(38(51)55-5,33-27(13-17-46(23-25)24-39)26-11-8-9-12-30(26)44-33)29-19-28-31(20-32(29)54-4)45(3)35-41(28)15-18-47-16-10-14-40(7-2,34(41)47)36(48)43(35,53)37(49)50/h8-12,14,19-20,25,29,32,34-36,44,48,52-53H,6-7,13,15-18,21-24H2,1-5H3,(H,49,50)/t25-,29?,32?,34-,35+,36+,39-,40+,41+,42-,43-/m0/s1. The van der Waals surface area contributed by atoms with Crippen molar-refractivity contribution >= 4 is 22.8 Å². The highest BCUT2D eigenvalue weighted by atomic mass is 16.5. The lowest BCUT2D eigenvalue weighted by Gasteiger charge is -2.62. The third-order valence-corrected chi connectivity index (χ3v) is 15.6. The van der Waals surface area contributed by atoms with Crippen molar-refractivity contribution in [2.75, 3.05) is 54.0 Å². The Hall–Kier alpha value is -3.52. The maximum absolute atomic E-state index is 15.2. The molecule has 0 amide bonds. The van der Waals surface area contributed by atoms with E-state index in [1.165, 1.54) is 7.11 Å². The predicted molar refractivity (Wildman–Crippen MR) is 205 cm³/mol. The summed E-state index contributed by atoms with van der Waals surface area (Å²) in [4.78, 5) is 39.0. The molecule has 7 aliphatic rings. The summed E-state index contributed by atoms with van der Waals surface area (Å²) in [5.74, 6) is -2.52. The van der Waals surface area contributed by atoms with Gasteiger partial charge in [-0.15, -0.1) is 0 Å². The van der Waals surface area contributed by atoms with Gasteiger partial charge in [-0.2, -0.15) is 0 Å². The molecular weight excluding hydrogens is 700 g/mol. The number of carbonyl (C=O) groups excluding carboxylic acids is 1. The maximum atomic E-state index is 15.2. The number of piperidine rings is 1. The average molecular weight is 757 g/mol. The van der Waals surface area contributed by atoms with Crippen LogP contribution in [0, 0.1) is 22.7 Å². The number of carboxylic acid groups (broad SMARTS) is 1. The lowest BCUT2D eigenvalue weighted by atomic mass is 9.47. The van der Waals surface area contributed by atoms with Crippen LogP contribution < -0.4 is 0 Å². The van der Waals surface area contributed by atoms with E-state index in [2.05, 4.69) is 26.9 Å². The first-order valence-corrected chi connectivity index (χ1v) is 20.2. The fraction of sp³-hybridized carbons (Fsp3) is 0.628. The van der Waals surface area contributed by atoms with E-state index < -0.39 is 63.6 Å². The monoisotopic (exact) mass is 756 g/mol. The minimum absolute atomic E-state index is 0.0614. The molecule has 12 atom stereocenters. The van der Waals surface area contributed by atoms with Gasteiger partial charge in [-0.1, -0.05) is 50.3 Å². The Bertz CT molecular complexity index is 2030. The Morgan fingerprint density at radius 3 is 2.53 bits per heavy atom. The van der Waals surface area contributed by atoms with Crippen molar-refractivity contribution in [3.8, 4) is 0 Å². The number of ether oxygens (including phenoxy) is 2. The van der Waals surface area contributed by atoms with Gasteiger partial charge in [0.1, 0.15) is 11.5 Å². The van der Waals surface area contributed by atoms with Crippen molar-refractivity contribution in [2.45, 2.75) is 93.3 Å². The lowest BCUT2D eigenvalue weighted by Crippen LogP contribution is -2.79. The number of nitrogens with one attached hydrogen (secondary N) is 1. The number of aliphatic carboxylic acids is 1. The second-order valence-electron chi connectivity index (χ2n) is 17.8. The number of aromatic nitrogens is 1. The number of rotatable bonds is 6. The zero-order valence-electron chi connectivity index (χ0n) is 32.6. The molecule has 3 saturated heterocycles. The van der Waals surface area contributed by atoms with Crippen LogP contribution in [0.1, 0.15) is 57.2 Å². The third kappa shape index (κ3) is 4.61. The molecule has 12 heteroatoms. The highest BCUT2D eigenvalue weighted by Crippen LogP contribution is 2.69. The number of carbonyl (C=O) groups is 2. The summed E-state index contributed by atoms with van der Waals surface area (Å²) < 4.78 is 12.3. The molecule has 5 aliphatic heterocycles. The summed E-state index contributed by atoms with van der Waals surface area (Å²) in [5, 5.41) is 48.8. The first kappa shape index (κ1) is 37.1. The Labute approximate surface area is 322 Å². The smallest absolute Gasteiger partial charge is 0.340 e. The van der Waals surface area contributed by atoms with Gasteiger partial charge < -0.3 is 39.8 Å². The molecule has 3 unspecified atom stereocenters. The number of H-pyrrole nitrogens is 1. The van der Waals surface area contributed by atoms with Crippen molar-refractivity contribution in [3.05, 3.63) is 71.1 Å². The zero-order chi connectivity index (χ0) is 38.9. The summed E-state index contributed by atoms with van der Waals surface area (Å²) >= 11 is 0. The summed E-state index contributed by atoms with van der Waals surface area (Å²) in [6, 6.07) is 6.86. The number of methoxy groups -OCH3 is 2. The second kappa shape index (κ2) is 12.5. The molecule has 1 spiro atoms. The van der Waals surface area contributed by atoms with Crippen molar-refractivity contribution in [1.82, 2.24) is 19.7 Å². The molecule has 5 N–H and O–H groups in total. The number of aliphatic hydroxyl groups excluding tert-OH is 1. The fourth-order valence-electron chi connectivity index (χ4n) is 13.5. The number of nitrogens with zero attached hydrogens (tertiary/aromatic N) is 3. The van der Waals surface area contributed by atoms with Gasteiger partial charge in [-0.3, -0.25) is 14.6 Å². The Kier molecular flexibility index (Phi) is 8.42. The maximum Gasteiger partial charge on any atom is 0.340 e. The summed E-state index contributed by atoms with van der Waals surface area (Å²) in [5.41, 5.74) is -2.23. The minimum atomic E-state index is -2.51. The molecule has 12 nitrogen and oxygen atoms in total. The lowest BCUT2D eigenvalue weighted by molar-refractivity contribution is -0.233. The minimum Gasteiger partial charge on any atom is -0.479 e. The number of benzene rings is 1. The Morgan fingerprint density at radius 1 is 1.04 bits per heavy atom. The van der Waals surface area contributed by atoms with Crippen LogP contribution >= 0.6 is 0 Å². The molecule has 2 aromatic rings. The number of likely N-dealkylation sites (tertiary alicyclic amines) is 1. The summed E-state index contributed by atoms with van der Waals surface area (Å²) in [6.45, 7) is 7.33. The summed E-state index contributed by atoms with van der Waals surface area (Å²) in [6.07, 6.45) is 9.12. The molecule has 6 heterocycles. The SMILES string of the molecule is CC[C@]1(O)C[C@@H]2CN(CCc3c([nH]c4ccccc34)[C@@](C(=O)OC)(C3C=C4C(=CC3OC)N(C)[C@H]3[C@@](O)(C(=O)O)[C@H](O)[C@]5(CC)C=CCN6CC[C@]43[C@@H]65)C2)C1. The number of aromatic amines is 1. The van der Waals surface area contributed by atoms with E-state index in [1.807, 2.05) is 62.2 Å². The van der Waals surface area contributed by atoms with Gasteiger partial charge in [0.05, 0.1) is 24.9 Å². The van der Waals surface area contributed by atoms with E-state index in [0.29, 0.717) is 58.2 Å². The predicted octanol–water partition coefficient (Wildman–Crippen LogP) is 2.97. The largest absolute Gasteiger partial charge is 0.479 e. The fourth-order valence-corrected chi connectivity index (χ4v) is 13.5.